The van der Waals surface area contributed by atoms with E-state index in [9.17, 15) is 0 Å². The molecular weight excluding hydrogens is 294 g/mol. The van der Waals surface area contributed by atoms with E-state index in [1.54, 1.807) is 12.1 Å². The van der Waals surface area contributed by atoms with Gasteiger partial charge in [0, 0.05) is 10.0 Å². The van der Waals surface area contributed by atoms with Crippen molar-refractivity contribution in [3.05, 3.63) is 58.6 Å². The van der Waals surface area contributed by atoms with E-state index in [2.05, 4.69) is 15.9 Å². The Morgan fingerprint density at radius 2 is 1.44 bits per heavy atom. The SMILES string of the molecule is COC(=N)c1ccc(Oc2ccc(Br)cc2)cc1. The zero-order valence-electron chi connectivity index (χ0n) is 9.81. The first-order valence-corrected chi connectivity index (χ1v) is 6.15. The maximum atomic E-state index is 7.53. The first kappa shape index (κ1) is 12.6. The monoisotopic (exact) mass is 305 g/mol. The molecule has 1 N–H and O–H groups in total. The quantitative estimate of drug-likeness (QED) is 0.681. The van der Waals surface area contributed by atoms with E-state index in [-0.39, 0.29) is 5.90 Å². The minimum absolute atomic E-state index is 0.144. The summed E-state index contributed by atoms with van der Waals surface area (Å²) in [4.78, 5) is 0. The van der Waals surface area contributed by atoms with Crippen LogP contribution in [0.3, 0.4) is 0 Å². The van der Waals surface area contributed by atoms with Crippen LogP contribution in [0.2, 0.25) is 0 Å². The molecular formula is C14H12BrNO2. The van der Waals surface area contributed by atoms with E-state index in [1.165, 1.54) is 7.11 Å². The number of nitrogens with one attached hydrogen (secondary N) is 1. The highest BCUT2D eigenvalue weighted by Crippen LogP contribution is 2.23. The van der Waals surface area contributed by atoms with E-state index in [0.717, 1.165) is 21.5 Å². The van der Waals surface area contributed by atoms with Gasteiger partial charge in [0.1, 0.15) is 11.5 Å². The van der Waals surface area contributed by atoms with Crippen molar-refractivity contribution in [1.29, 1.82) is 5.41 Å². The number of methoxy groups -OCH3 is 1. The number of hydrogen-bond acceptors (Lipinski definition) is 3. The van der Waals surface area contributed by atoms with Gasteiger partial charge in [0.05, 0.1) is 7.11 Å². The summed E-state index contributed by atoms with van der Waals surface area (Å²) >= 11 is 3.37. The lowest BCUT2D eigenvalue weighted by Crippen LogP contribution is -2.00. The smallest absolute Gasteiger partial charge is 0.212 e. The van der Waals surface area contributed by atoms with Crippen molar-refractivity contribution < 1.29 is 9.47 Å². The lowest BCUT2D eigenvalue weighted by Gasteiger charge is -2.07. The first-order valence-electron chi connectivity index (χ1n) is 5.35. The molecule has 3 nitrogen and oxygen atoms in total. The maximum absolute atomic E-state index is 7.53. The van der Waals surface area contributed by atoms with Crippen LogP contribution in [0.25, 0.3) is 0 Å². The lowest BCUT2D eigenvalue weighted by atomic mass is 10.2. The van der Waals surface area contributed by atoms with Crippen LogP contribution in [0.15, 0.2) is 53.0 Å². The zero-order chi connectivity index (χ0) is 13.0. The largest absolute Gasteiger partial charge is 0.481 e. The van der Waals surface area contributed by atoms with Gasteiger partial charge in [-0.1, -0.05) is 15.9 Å². The topological polar surface area (TPSA) is 42.3 Å². The van der Waals surface area contributed by atoms with Crippen LogP contribution in [0, 0.1) is 5.41 Å². The normalized spacial score (nSPS) is 9.89. The number of hydrogen-bond donors (Lipinski definition) is 1. The molecule has 0 aliphatic rings. The predicted octanol–water partition coefficient (Wildman–Crippen LogP) is 4.21. The molecule has 2 aromatic rings. The molecule has 0 aliphatic carbocycles. The Morgan fingerprint density at radius 1 is 0.944 bits per heavy atom. The molecule has 0 amide bonds. The predicted molar refractivity (Wildman–Crippen MR) is 74.5 cm³/mol. The minimum atomic E-state index is 0.144. The Morgan fingerprint density at radius 3 is 1.94 bits per heavy atom. The van der Waals surface area contributed by atoms with Gasteiger partial charge in [-0.15, -0.1) is 0 Å². The van der Waals surface area contributed by atoms with Crippen LogP contribution in [0.5, 0.6) is 11.5 Å². The minimum Gasteiger partial charge on any atom is -0.481 e. The standard InChI is InChI=1S/C14H12BrNO2/c1-17-14(16)10-2-6-12(7-3-10)18-13-8-4-11(15)5-9-13/h2-9,16H,1H3. The molecule has 0 aromatic heterocycles. The number of benzene rings is 2. The Bertz CT molecular complexity index is 535. The molecule has 0 radical (unpaired) electrons. The molecule has 0 fully saturated rings. The molecule has 0 aliphatic heterocycles. The van der Waals surface area contributed by atoms with Gasteiger partial charge in [-0.05, 0) is 48.5 Å². The van der Waals surface area contributed by atoms with Crippen LogP contribution < -0.4 is 4.74 Å². The lowest BCUT2D eigenvalue weighted by molar-refractivity contribution is 0.401. The molecule has 0 atom stereocenters. The highest BCUT2D eigenvalue weighted by Gasteiger charge is 2.02. The molecule has 2 rings (SSSR count). The number of rotatable bonds is 3. The van der Waals surface area contributed by atoms with Gasteiger partial charge >= 0.3 is 0 Å². The average molecular weight is 306 g/mol. The summed E-state index contributed by atoms with van der Waals surface area (Å²) in [7, 11) is 1.48. The fraction of sp³-hybridized carbons (Fsp3) is 0.0714. The van der Waals surface area contributed by atoms with Gasteiger partial charge in [-0.25, -0.2) is 0 Å². The van der Waals surface area contributed by atoms with Crippen LogP contribution in [-0.4, -0.2) is 13.0 Å². The zero-order valence-corrected chi connectivity index (χ0v) is 11.4. The van der Waals surface area contributed by atoms with Crippen molar-refractivity contribution in [3.8, 4) is 11.5 Å². The maximum Gasteiger partial charge on any atom is 0.212 e. The molecule has 0 bridgehead atoms. The Balaban J connectivity index is 2.10. The van der Waals surface area contributed by atoms with Crippen molar-refractivity contribution in [1.82, 2.24) is 0 Å². The summed E-state index contributed by atoms with van der Waals surface area (Å²) in [5, 5.41) is 7.53. The van der Waals surface area contributed by atoms with Crippen molar-refractivity contribution in [2.24, 2.45) is 0 Å². The van der Waals surface area contributed by atoms with E-state index < -0.39 is 0 Å². The Hall–Kier alpha value is -1.81. The van der Waals surface area contributed by atoms with E-state index >= 15 is 0 Å². The fourth-order valence-corrected chi connectivity index (χ4v) is 1.70. The molecule has 4 heteroatoms. The van der Waals surface area contributed by atoms with E-state index in [0.29, 0.717) is 0 Å². The molecule has 0 spiro atoms. The van der Waals surface area contributed by atoms with Crippen LogP contribution in [-0.2, 0) is 4.74 Å². The summed E-state index contributed by atoms with van der Waals surface area (Å²) in [5.41, 5.74) is 0.723. The van der Waals surface area contributed by atoms with Crippen LogP contribution in [0.1, 0.15) is 5.56 Å². The molecule has 0 saturated heterocycles. The second-order valence-corrected chi connectivity index (χ2v) is 4.53. The number of halogens is 1. The van der Waals surface area contributed by atoms with Crippen molar-refractivity contribution in [3.63, 3.8) is 0 Å². The van der Waals surface area contributed by atoms with Crippen molar-refractivity contribution >= 4 is 21.8 Å². The number of ether oxygens (including phenoxy) is 2. The molecule has 92 valence electrons. The molecule has 2 aromatic carbocycles. The molecule has 0 saturated carbocycles. The van der Waals surface area contributed by atoms with Gasteiger partial charge < -0.3 is 9.47 Å². The third-order valence-electron chi connectivity index (χ3n) is 2.37. The fourth-order valence-electron chi connectivity index (χ4n) is 1.43. The van der Waals surface area contributed by atoms with Gasteiger partial charge in [-0.3, -0.25) is 5.41 Å². The summed E-state index contributed by atoms with van der Waals surface area (Å²) in [5.74, 6) is 1.64. The van der Waals surface area contributed by atoms with E-state index in [4.69, 9.17) is 14.9 Å². The summed E-state index contributed by atoms with van der Waals surface area (Å²) < 4.78 is 11.5. The summed E-state index contributed by atoms with van der Waals surface area (Å²) in [6.45, 7) is 0. The average Bonchev–Trinajstić information content (AvgIpc) is 2.41. The Labute approximate surface area is 114 Å². The third-order valence-corrected chi connectivity index (χ3v) is 2.90. The van der Waals surface area contributed by atoms with Crippen LogP contribution >= 0.6 is 15.9 Å². The summed E-state index contributed by atoms with van der Waals surface area (Å²) in [6, 6.07) is 14.8. The Kier molecular flexibility index (Phi) is 3.99. The first-order chi connectivity index (χ1) is 8.69. The van der Waals surface area contributed by atoms with E-state index in [1.807, 2.05) is 36.4 Å². The second kappa shape index (κ2) is 5.69. The van der Waals surface area contributed by atoms with Crippen LogP contribution in [0.4, 0.5) is 0 Å². The summed E-state index contributed by atoms with van der Waals surface area (Å²) in [6.07, 6.45) is 0. The van der Waals surface area contributed by atoms with Gasteiger partial charge in [-0.2, -0.15) is 0 Å². The van der Waals surface area contributed by atoms with Crippen molar-refractivity contribution in [2.75, 3.05) is 7.11 Å². The second-order valence-electron chi connectivity index (χ2n) is 3.61. The molecule has 0 unspecified atom stereocenters. The van der Waals surface area contributed by atoms with Crippen molar-refractivity contribution in [2.45, 2.75) is 0 Å². The third kappa shape index (κ3) is 3.11. The highest BCUT2D eigenvalue weighted by molar-refractivity contribution is 9.10. The van der Waals surface area contributed by atoms with Gasteiger partial charge in [0.2, 0.25) is 5.90 Å². The highest BCUT2D eigenvalue weighted by atomic mass is 79.9. The van der Waals surface area contributed by atoms with Gasteiger partial charge in [0.25, 0.3) is 0 Å². The van der Waals surface area contributed by atoms with Gasteiger partial charge in [0.15, 0.2) is 0 Å². The molecule has 18 heavy (non-hydrogen) atoms. The molecule has 0 heterocycles.